The van der Waals surface area contributed by atoms with E-state index < -0.39 is 5.97 Å². The lowest BCUT2D eigenvalue weighted by Crippen LogP contribution is -1.96. The summed E-state index contributed by atoms with van der Waals surface area (Å²) < 4.78 is 10.3. The Balaban J connectivity index is 2.02. The summed E-state index contributed by atoms with van der Waals surface area (Å²) >= 11 is 5.88. The second-order valence-electron chi connectivity index (χ2n) is 3.16. The third-order valence-electron chi connectivity index (χ3n) is 1.94. The third-order valence-corrected chi connectivity index (χ3v) is 2.26. The van der Waals surface area contributed by atoms with Gasteiger partial charge >= 0.3 is 11.9 Å². The van der Waals surface area contributed by atoms with Crippen LogP contribution in [0.3, 0.4) is 0 Å². The Bertz CT molecular complexity index is 538. The van der Waals surface area contributed by atoms with E-state index >= 15 is 0 Å². The molecule has 0 saturated heterocycles. The Hall–Kier alpha value is -2.01. The van der Waals surface area contributed by atoms with Crippen LogP contribution in [0.5, 0.6) is 5.75 Å². The quantitative estimate of drug-likeness (QED) is 0.907. The molecule has 2 aromatic rings. The monoisotopic (exact) mass is 253 g/mol. The molecule has 1 aromatic carbocycles. The molecule has 5 nitrogen and oxygen atoms in total. The molecule has 1 aromatic heterocycles. The fourth-order valence-corrected chi connectivity index (χ4v) is 1.37. The van der Waals surface area contributed by atoms with Gasteiger partial charge in [-0.2, -0.15) is 0 Å². The Morgan fingerprint density at radius 1 is 1.47 bits per heavy atom. The molecular weight excluding hydrogens is 246 g/mol. The van der Waals surface area contributed by atoms with Crippen LogP contribution in [0, 0.1) is 0 Å². The second kappa shape index (κ2) is 4.88. The molecule has 0 radical (unpaired) electrons. The first-order chi connectivity index (χ1) is 8.16. The summed E-state index contributed by atoms with van der Waals surface area (Å²) in [5, 5.41) is 9.09. The van der Waals surface area contributed by atoms with Crippen LogP contribution >= 0.6 is 11.6 Å². The van der Waals surface area contributed by atoms with Gasteiger partial charge in [-0.1, -0.05) is 23.7 Å². The molecule has 0 spiro atoms. The molecule has 2 rings (SSSR count). The maximum absolute atomic E-state index is 10.5. The normalized spacial score (nSPS) is 10.2. The van der Waals surface area contributed by atoms with Crippen molar-refractivity contribution in [2.45, 2.75) is 6.61 Å². The lowest BCUT2D eigenvalue weighted by Gasteiger charge is -2.04. The van der Waals surface area contributed by atoms with E-state index in [0.29, 0.717) is 16.5 Å². The van der Waals surface area contributed by atoms with Gasteiger partial charge in [-0.15, -0.1) is 0 Å². The summed E-state index contributed by atoms with van der Waals surface area (Å²) in [6.07, 6.45) is 1.31. The van der Waals surface area contributed by atoms with E-state index in [9.17, 15) is 4.79 Å². The van der Waals surface area contributed by atoms with Crippen molar-refractivity contribution in [2.24, 2.45) is 0 Å². The van der Waals surface area contributed by atoms with Crippen LogP contribution in [0.15, 0.2) is 34.9 Å². The number of nitrogens with zero attached hydrogens (tertiary/aromatic N) is 1. The molecule has 0 unspecified atom stereocenters. The summed E-state index contributed by atoms with van der Waals surface area (Å²) in [5.74, 6) is -0.749. The van der Waals surface area contributed by atoms with Crippen LogP contribution in [0.2, 0.25) is 5.02 Å². The molecule has 0 aliphatic heterocycles. The minimum absolute atomic E-state index is 0.0734. The number of rotatable bonds is 4. The lowest BCUT2D eigenvalue weighted by atomic mass is 10.3. The SMILES string of the molecule is O=C(O)c1ncc(COc2ccccc2Cl)o1. The number of hydrogen-bond acceptors (Lipinski definition) is 4. The van der Waals surface area contributed by atoms with Gasteiger partial charge in [0.05, 0.1) is 11.2 Å². The summed E-state index contributed by atoms with van der Waals surface area (Å²) in [5.41, 5.74) is 0. The lowest BCUT2D eigenvalue weighted by molar-refractivity contribution is 0.0649. The molecule has 0 saturated carbocycles. The number of hydrogen-bond donors (Lipinski definition) is 1. The fourth-order valence-electron chi connectivity index (χ4n) is 1.18. The number of benzene rings is 1. The highest BCUT2D eigenvalue weighted by atomic mass is 35.5. The van der Waals surface area contributed by atoms with Gasteiger partial charge in [0.1, 0.15) is 12.4 Å². The van der Waals surface area contributed by atoms with Crippen LogP contribution in [-0.4, -0.2) is 16.1 Å². The Morgan fingerprint density at radius 3 is 2.88 bits per heavy atom. The number of oxazole rings is 1. The first-order valence-corrected chi connectivity index (χ1v) is 5.10. The molecule has 0 aliphatic rings. The van der Waals surface area contributed by atoms with E-state index in [4.69, 9.17) is 25.9 Å². The number of ether oxygens (including phenoxy) is 1. The molecule has 6 heteroatoms. The van der Waals surface area contributed by atoms with Crippen molar-refractivity contribution in [3.05, 3.63) is 47.1 Å². The van der Waals surface area contributed by atoms with Crippen LogP contribution < -0.4 is 4.74 Å². The van der Waals surface area contributed by atoms with Gasteiger partial charge in [-0.25, -0.2) is 9.78 Å². The average molecular weight is 254 g/mol. The highest BCUT2D eigenvalue weighted by Crippen LogP contribution is 2.24. The van der Waals surface area contributed by atoms with Crippen LogP contribution in [0.1, 0.15) is 16.4 Å². The van der Waals surface area contributed by atoms with Gasteiger partial charge in [0.2, 0.25) is 0 Å². The zero-order valence-electron chi connectivity index (χ0n) is 8.59. The first kappa shape index (κ1) is 11.5. The van der Waals surface area contributed by atoms with Gasteiger partial charge in [0.25, 0.3) is 0 Å². The molecule has 0 fully saturated rings. The molecular formula is C11H8ClNO4. The maximum Gasteiger partial charge on any atom is 0.392 e. The molecule has 0 bridgehead atoms. The molecule has 0 amide bonds. The van der Waals surface area contributed by atoms with Crippen molar-refractivity contribution in [3.8, 4) is 5.75 Å². The van der Waals surface area contributed by atoms with Gasteiger partial charge in [0, 0.05) is 0 Å². The minimum atomic E-state index is -1.21. The second-order valence-corrected chi connectivity index (χ2v) is 3.56. The number of carbonyl (C=O) groups is 1. The number of halogens is 1. The van der Waals surface area contributed by atoms with E-state index in [1.54, 1.807) is 24.3 Å². The molecule has 1 N–H and O–H groups in total. The number of carboxylic acids is 1. The predicted octanol–water partition coefficient (Wildman–Crippen LogP) is 2.61. The first-order valence-electron chi connectivity index (χ1n) is 4.72. The fraction of sp³-hybridized carbons (Fsp3) is 0.0909. The van der Waals surface area contributed by atoms with E-state index in [1.165, 1.54) is 6.20 Å². The highest BCUT2D eigenvalue weighted by Gasteiger charge is 2.11. The van der Waals surface area contributed by atoms with Crippen molar-refractivity contribution in [1.82, 2.24) is 4.98 Å². The number of para-hydroxylation sites is 1. The van der Waals surface area contributed by atoms with E-state index in [1.807, 2.05) is 0 Å². The van der Waals surface area contributed by atoms with Crippen molar-refractivity contribution in [2.75, 3.05) is 0 Å². The average Bonchev–Trinajstić information content (AvgIpc) is 2.77. The van der Waals surface area contributed by atoms with Crippen molar-refractivity contribution >= 4 is 17.6 Å². The highest BCUT2D eigenvalue weighted by molar-refractivity contribution is 6.32. The van der Waals surface area contributed by atoms with Gasteiger partial charge in [-0.3, -0.25) is 0 Å². The Kier molecular flexibility index (Phi) is 3.30. The molecule has 0 atom stereocenters. The predicted molar refractivity (Wildman–Crippen MR) is 59.2 cm³/mol. The van der Waals surface area contributed by atoms with E-state index in [-0.39, 0.29) is 12.5 Å². The van der Waals surface area contributed by atoms with E-state index in [0.717, 1.165) is 0 Å². The Labute approximate surface area is 102 Å². The smallest absolute Gasteiger partial charge is 0.392 e. The summed E-state index contributed by atoms with van der Waals surface area (Å²) in [6, 6.07) is 6.97. The maximum atomic E-state index is 10.5. The number of aromatic nitrogens is 1. The van der Waals surface area contributed by atoms with Crippen LogP contribution in [0.4, 0.5) is 0 Å². The van der Waals surface area contributed by atoms with Gasteiger partial charge < -0.3 is 14.3 Å². The van der Waals surface area contributed by atoms with Crippen LogP contribution in [-0.2, 0) is 6.61 Å². The van der Waals surface area contributed by atoms with Crippen LogP contribution in [0.25, 0.3) is 0 Å². The largest absolute Gasteiger partial charge is 0.484 e. The standard InChI is InChI=1S/C11H8ClNO4/c12-8-3-1-2-4-9(8)16-6-7-5-13-10(17-7)11(14)15/h1-5H,6H2,(H,14,15). The molecule has 1 heterocycles. The Morgan fingerprint density at radius 2 is 2.24 bits per heavy atom. The minimum Gasteiger partial charge on any atom is -0.484 e. The van der Waals surface area contributed by atoms with Gasteiger partial charge in [0.15, 0.2) is 5.76 Å². The van der Waals surface area contributed by atoms with Crippen molar-refractivity contribution in [1.29, 1.82) is 0 Å². The number of carboxylic acid groups (broad SMARTS) is 1. The summed E-state index contributed by atoms with van der Waals surface area (Å²) in [6.45, 7) is 0.0734. The van der Waals surface area contributed by atoms with E-state index in [2.05, 4.69) is 4.98 Å². The van der Waals surface area contributed by atoms with Gasteiger partial charge in [-0.05, 0) is 12.1 Å². The zero-order chi connectivity index (χ0) is 12.3. The molecule has 88 valence electrons. The zero-order valence-corrected chi connectivity index (χ0v) is 9.35. The summed E-state index contributed by atoms with van der Waals surface area (Å²) in [7, 11) is 0. The summed E-state index contributed by atoms with van der Waals surface area (Å²) in [4.78, 5) is 14.1. The number of aromatic carboxylic acids is 1. The topological polar surface area (TPSA) is 72.6 Å². The third kappa shape index (κ3) is 2.76. The molecule has 17 heavy (non-hydrogen) atoms. The molecule has 0 aliphatic carbocycles. The van der Waals surface area contributed by atoms with Crippen molar-refractivity contribution < 1.29 is 19.1 Å². The van der Waals surface area contributed by atoms with Crippen molar-refractivity contribution in [3.63, 3.8) is 0 Å².